The van der Waals surface area contributed by atoms with Crippen LogP contribution in [0.2, 0.25) is 5.02 Å². The van der Waals surface area contributed by atoms with Crippen molar-refractivity contribution in [2.75, 3.05) is 37.0 Å². The molecule has 5 rings (SSSR count). The Hall–Kier alpha value is -3.30. The third-order valence-electron chi connectivity index (χ3n) is 6.84. The molecule has 194 valence electrons. The molecule has 0 unspecified atom stereocenters. The van der Waals surface area contributed by atoms with Crippen LogP contribution in [-0.2, 0) is 4.79 Å². The van der Waals surface area contributed by atoms with Gasteiger partial charge in [-0.3, -0.25) is 4.79 Å². The molecule has 2 aliphatic heterocycles. The molecule has 3 heterocycles. The average Bonchev–Trinajstić information content (AvgIpc) is 2.85. The number of ether oxygens (including phenoxy) is 1. The number of fused-ring (bicyclic) bond motifs is 1. The Bertz CT molecular complexity index is 1340. The van der Waals surface area contributed by atoms with Crippen molar-refractivity contribution in [3.05, 3.63) is 58.7 Å². The Morgan fingerprint density at radius 2 is 1.89 bits per heavy atom. The van der Waals surface area contributed by atoms with Crippen molar-refractivity contribution in [1.29, 1.82) is 0 Å². The predicted octanol–water partition coefficient (Wildman–Crippen LogP) is 5.76. The van der Waals surface area contributed by atoms with Gasteiger partial charge in [0.1, 0.15) is 5.82 Å². The standard InChI is InChI=1S/C27H28ClF2N5O2/c1-15(2)35-23-11-17(10-22(30)26(23)37-14-24(35)36)25-20(28)13-31-27(33-25)32-18-4-5-19(21(29)12-18)16-6-8-34(3)9-7-16/h4-5,10-13,15-16H,6-9,14H2,1-3H3,(H,31,32,33). The van der Waals surface area contributed by atoms with Gasteiger partial charge in [0.25, 0.3) is 5.91 Å². The molecule has 0 spiro atoms. The lowest BCUT2D eigenvalue weighted by molar-refractivity contribution is -0.121. The van der Waals surface area contributed by atoms with Gasteiger partial charge in [-0.05, 0) is 82.6 Å². The molecule has 10 heteroatoms. The first-order valence-electron chi connectivity index (χ1n) is 12.3. The number of anilines is 3. The van der Waals surface area contributed by atoms with Gasteiger partial charge < -0.3 is 19.9 Å². The second-order valence-corrected chi connectivity index (χ2v) is 10.2. The lowest BCUT2D eigenvalue weighted by atomic mass is 9.89. The number of likely N-dealkylation sites (tertiary alicyclic amines) is 1. The topological polar surface area (TPSA) is 70.6 Å². The van der Waals surface area contributed by atoms with E-state index in [2.05, 4.69) is 27.2 Å². The highest BCUT2D eigenvalue weighted by Crippen LogP contribution is 2.40. The number of amides is 1. The SMILES string of the molecule is CC(C)N1C(=O)COc2c(F)cc(-c3nc(Nc4ccc(C5CCN(C)CC5)c(F)c4)ncc3Cl)cc21. The molecule has 1 saturated heterocycles. The van der Waals surface area contributed by atoms with E-state index in [0.717, 1.165) is 25.9 Å². The van der Waals surface area contributed by atoms with Crippen molar-refractivity contribution in [3.63, 3.8) is 0 Å². The molecule has 37 heavy (non-hydrogen) atoms. The predicted molar refractivity (Wildman–Crippen MR) is 140 cm³/mol. The van der Waals surface area contributed by atoms with Crippen LogP contribution in [0.15, 0.2) is 36.5 Å². The smallest absolute Gasteiger partial charge is 0.265 e. The van der Waals surface area contributed by atoms with Crippen molar-refractivity contribution in [3.8, 4) is 17.0 Å². The summed E-state index contributed by atoms with van der Waals surface area (Å²) in [6.07, 6.45) is 3.24. The molecule has 0 atom stereocenters. The van der Waals surface area contributed by atoms with E-state index in [1.54, 1.807) is 18.2 Å². The van der Waals surface area contributed by atoms with Crippen molar-refractivity contribution in [2.24, 2.45) is 0 Å². The minimum atomic E-state index is -0.624. The van der Waals surface area contributed by atoms with Crippen LogP contribution < -0.4 is 15.0 Å². The van der Waals surface area contributed by atoms with E-state index in [4.69, 9.17) is 16.3 Å². The van der Waals surface area contributed by atoms with Crippen LogP contribution in [0.5, 0.6) is 5.75 Å². The Morgan fingerprint density at radius 1 is 1.14 bits per heavy atom. The summed E-state index contributed by atoms with van der Waals surface area (Å²) in [4.78, 5) is 24.9. The zero-order valence-corrected chi connectivity index (χ0v) is 21.6. The zero-order valence-electron chi connectivity index (χ0n) is 20.9. The van der Waals surface area contributed by atoms with Crippen LogP contribution in [0.4, 0.5) is 26.1 Å². The molecule has 2 aliphatic rings. The van der Waals surface area contributed by atoms with E-state index in [-0.39, 0.29) is 52.7 Å². The number of nitrogens with one attached hydrogen (secondary N) is 1. The molecular formula is C27H28ClF2N5O2. The largest absolute Gasteiger partial charge is 0.478 e. The van der Waals surface area contributed by atoms with Gasteiger partial charge in [-0.15, -0.1) is 0 Å². The van der Waals surface area contributed by atoms with E-state index >= 15 is 4.39 Å². The third-order valence-corrected chi connectivity index (χ3v) is 7.12. The molecule has 0 bridgehead atoms. The first-order valence-corrected chi connectivity index (χ1v) is 12.7. The molecule has 1 fully saturated rings. The van der Waals surface area contributed by atoms with Gasteiger partial charge >= 0.3 is 0 Å². The molecule has 7 nitrogen and oxygen atoms in total. The highest BCUT2D eigenvalue weighted by molar-refractivity contribution is 6.33. The van der Waals surface area contributed by atoms with Crippen LogP contribution in [0.25, 0.3) is 11.3 Å². The van der Waals surface area contributed by atoms with Crippen LogP contribution in [0.1, 0.15) is 38.2 Å². The summed E-state index contributed by atoms with van der Waals surface area (Å²) in [7, 11) is 2.08. The fourth-order valence-electron chi connectivity index (χ4n) is 4.96. The number of rotatable bonds is 5. The molecule has 0 saturated carbocycles. The minimum Gasteiger partial charge on any atom is -0.478 e. The van der Waals surface area contributed by atoms with Crippen molar-refractivity contribution in [2.45, 2.75) is 38.6 Å². The fourth-order valence-corrected chi connectivity index (χ4v) is 5.16. The molecule has 3 aromatic rings. The summed E-state index contributed by atoms with van der Waals surface area (Å²) in [6, 6.07) is 7.74. The number of carbonyl (C=O) groups excluding carboxylic acids is 1. The van der Waals surface area contributed by atoms with E-state index in [0.29, 0.717) is 22.5 Å². The van der Waals surface area contributed by atoms with Gasteiger partial charge in [0.05, 0.1) is 22.6 Å². The number of benzene rings is 2. The Kier molecular flexibility index (Phi) is 7.00. The molecule has 1 aromatic heterocycles. The van der Waals surface area contributed by atoms with Crippen molar-refractivity contribution >= 4 is 34.8 Å². The van der Waals surface area contributed by atoms with Gasteiger partial charge in [-0.1, -0.05) is 17.7 Å². The number of piperidine rings is 1. The lowest BCUT2D eigenvalue weighted by Gasteiger charge is -2.33. The van der Waals surface area contributed by atoms with E-state index in [1.807, 2.05) is 13.8 Å². The quantitative estimate of drug-likeness (QED) is 0.455. The summed E-state index contributed by atoms with van der Waals surface area (Å²) in [6.45, 7) is 5.35. The summed E-state index contributed by atoms with van der Waals surface area (Å²) >= 11 is 6.39. The van der Waals surface area contributed by atoms with E-state index < -0.39 is 5.82 Å². The summed E-state index contributed by atoms with van der Waals surface area (Å²) in [5, 5.41) is 3.22. The Balaban J connectivity index is 1.43. The number of aromatic nitrogens is 2. The second kappa shape index (κ2) is 10.2. The molecule has 2 aromatic carbocycles. The maximum absolute atomic E-state index is 15.0. The lowest BCUT2D eigenvalue weighted by Crippen LogP contribution is -2.43. The van der Waals surface area contributed by atoms with Gasteiger partial charge in [0.15, 0.2) is 18.2 Å². The molecule has 1 amide bonds. The summed E-state index contributed by atoms with van der Waals surface area (Å²) < 4.78 is 35.3. The average molecular weight is 528 g/mol. The second-order valence-electron chi connectivity index (χ2n) is 9.78. The monoisotopic (exact) mass is 527 g/mol. The summed E-state index contributed by atoms with van der Waals surface area (Å²) in [5.41, 5.74) is 2.15. The fraction of sp³-hybridized carbons (Fsp3) is 0.370. The molecule has 0 radical (unpaired) electrons. The van der Waals surface area contributed by atoms with Crippen LogP contribution in [0.3, 0.4) is 0 Å². The van der Waals surface area contributed by atoms with Crippen LogP contribution in [-0.4, -0.2) is 53.6 Å². The summed E-state index contributed by atoms with van der Waals surface area (Å²) in [5.74, 6) is -0.771. The maximum atomic E-state index is 15.0. The normalized spacial score (nSPS) is 16.6. The molecule has 0 aliphatic carbocycles. The van der Waals surface area contributed by atoms with Crippen LogP contribution >= 0.6 is 11.6 Å². The highest BCUT2D eigenvalue weighted by atomic mass is 35.5. The van der Waals surface area contributed by atoms with Gasteiger partial charge in [0.2, 0.25) is 5.95 Å². The molecule has 1 N–H and O–H groups in total. The van der Waals surface area contributed by atoms with E-state index in [9.17, 15) is 9.18 Å². The van der Waals surface area contributed by atoms with Crippen molar-refractivity contribution in [1.82, 2.24) is 14.9 Å². The number of carbonyl (C=O) groups is 1. The Morgan fingerprint density at radius 3 is 2.59 bits per heavy atom. The number of hydrogen-bond acceptors (Lipinski definition) is 6. The third kappa shape index (κ3) is 5.10. The zero-order chi connectivity index (χ0) is 26.3. The minimum absolute atomic E-state index is 0.0146. The van der Waals surface area contributed by atoms with Gasteiger partial charge in [-0.2, -0.15) is 0 Å². The highest BCUT2D eigenvalue weighted by Gasteiger charge is 2.31. The Labute approximate surface area is 219 Å². The molecular weight excluding hydrogens is 500 g/mol. The number of hydrogen-bond donors (Lipinski definition) is 1. The number of nitrogens with zero attached hydrogens (tertiary/aromatic N) is 4. The van der Waals surface area contributed by atoms with E-state index in [1.165, 1.54) is 23.2 Å². The van der Waals surface area contributed by atoms with Crippen molar-refractivity contribution < 1.29 is 18.3 Å². The first-order chi connectivity index (χ1) is 17.7. The first kappa shape index (κ1) is 25.4. The maximum Gasteiger partial charge on any atom is 0.265 e. The van der Waals surface area contributed by atoms with Gasteiger partial charge in [-0.25, -0.2) is 18.7 Å². The van der Waals surface area contributed by atoms with Crippen LogP contribution in [0, 0.1) is 11.6 Å². The van der Waals surface area contributed by atoms with Gasteiger partial charge in [0, 0.05) is 17.3 Å². The number of halogens is 3.